The number of fused-ring (bicyclic) bond motifs is 1. The molecule has 0 saturated heterocycles. The number of aliphatic hydroxyl groups excluding tert-OH is 3. The molecule has 5 N–H and O–H groups in total. The van der Waals surface area contributed by atoms with E-state index < -0.39 is 18.2 Å². The summed E-state index contributed by atoms with van der Waals surface area (Å²) in [5.74, 6) is 0.597. The van der Waals surface area contributed by atoms with Crippen molar-refractivity contribution in [3.05, 3.63) is 30.0 Å². The van der Waals surface area contributed by atoms with E-state index in [1.807, 2.05) is 31.2 Å². The van der Waals surface area contributed by atoms with Gasteiger partial charge in [-0.15, -0.1) is 11.3 Å². The van der Waals surface area contributed by atoms with Crippen LogP contribution in [0.4, 0.5) is 11.8 Å². The number of aliphatic hydroxyl groups is 3. The van der Waals surface area contributed by atoms with E-state index in [4.69, 9.17) is 14.7 Å². The zero-order chi connectivity index (χ0) is 23.4. The minimum atomic E-state index is -1.01. The Hall–Kier alpha value is -2.37. The largest absolute Gasteiger partial charge is 0.396 e. The number of aryl methyl sites for hydroxylation is 1. The molecule has 178 valence electrons. The van der Waals surface area contributed by atoms with Gasteiger partial charge in [0.15, 0.2) is 0 Å². The number of aromatic nitrogens is 3. The van der Waals surface area contributed by atoms with Crippen LogP contribution < -0.4 is 10.6 Å². The summed E-state index contributed by atoms with van der Waals surface area (Å²) in [5, 5.41) is 37.6. The van der Waals surface area contributed by atoms with Gasteiger partial charge in [-0.05, 0) is 31.9 Å². The maximum atomic E-state index is 10.5. The Morgan fingerprint density at radius 1 is 1.12 bits per heavy atom. The second-order valence-electron chi connectivity index (χ2n) is 8.29. The van der Waals surface area contributed by atoms with E-state index in [1.165, 1.54) is 0 Å². The van der Waals surface area contributed by atoms with Gasteiger partial charge in [0.1, 0.15) is 16.9 Å². The number of nitrogens with zero attached hydrogens (tertiary/aromatic N) is 3. The van der Waals surface area contributed by atoms with E-state index in [2.05, 4.69) is 22.5 Å². The monoisotopic (exact) mass is 473 g/mol. The van der Waals surface area contributed by atoms with Gasteiger partial charge in [-0.25, -0.2) is 9.97 Å². The summed E-state index contributed by atoms with van der Waals surface area (Å²) in [6.07, 6.45) is -0.617. The van der Waals surface area contributed by atoms with E-state index in [0.717, 1.165) is 32.9 Å². The maximum absolute atomic E-state index is 10.5. The molecule has 10 heteroatoms. The third-order valence-electron chi connectivity index (χ3n) is 5.83. The molecular formula is C23H31N5O4S. The Kier molecular flexibility index (Phi) is 7.71. The van der Waals surface area contributed by atoms with Crippen LogP contribution in [0.5, 0.6) is 0 Å². The quantitative estimate of drug-likeness (QED) is 0.282. The third-order valence-corrected chi connectivity index (χ3v) is 6.89. The molecule has 0 unspecified atom stereocenters. The van der Waals surface area contributed by atoms with E-state index in [-0.39, 0.29) is 12.5 Å². The predicted molar refractivity (Wildman–Crippen MR) is 130 cm³/mol. The molecule has 0 amide bonds. The summed E-state index contributed by atoms with van der Waals surface area (Å²) in [6, 6.07) is 7.46. The van der Waals surface area contributed by atoms with Crippen LogP contribution >= 0.6 is 11.3 Å². The number of anilines is 2. The van der Waals surface area contributed by atoms with Crippen molar-refractivity contribution in [3.63, 3.8) is 0 Å². The number of hydrogen-bond donors (Lipinski definition) is 5. The van der Waals surface area contributed by atoms with Crippen LogP contribution in [0.2, 0.25) is 0 Å². The van der Waals surface area contributed by atoms with Crippen LogP contribution in [0.25, 0.3) is 20.8 Å². The number of para-hydroxylation sites is 1. The number of thiazole rings is 1. The van der Waals surface area contributed by atoms with E-state index in [1.54, 1.807) is 11.3 Å². The van der Waals surface area contributed by atoms with Crippen molar-refractivity contribution >= 4 is 33.3 Å². The maximum Gasteiger partial charge on any atom is 0.224 e. The van der Waals surface area contributed by atoms with Gasteiger partial charge in [0.2, 0.25) is 5.95 Å². The van der Waals surface area contributed by atoms with Gasteiger partial charge in [-0.1, -0.05) is 19.1 Å². The first kappa shape index (κ1) is 23.8. The van der Waals surface area contributed by atoms with Crippen molar-refractivity contribution in [2.75, 3.05) is 37.0 Å². The summed E-state index contributed by atoms with van der Waals surface area (Å²) in [7, 11) is 0. The zero-order valence-corrected chi connectivity index (χ0v) is 19.7. The lowest BCUT2D eigenvalue weighted by atomic mass is 10.1. The zero-order valence-electron chi connectivity index (χ0n) is 18.9. The van der Waals surface area contributed by atoms with Crippen molar-refractivity contribution in [2.45, 2.75) is 44.9 Å². The Labute approximate surface area is 196 Å². The van der Waals surface area contributed by atoms with E-state index >= 15 is 0 Å². The van der Waals surface area contributed by atoms with Crippen LogP contribution in [0.15, 0.2) is 24.3 Å². The van der Waals surface area contributed by atoms with Gasteiger partial charge in [-0.2, -0.15) is 4.98 Å². The lowest BCUT2D eigenvalue weighted by molar-refractivity contribution is 0.00446. The van der Waals surface area contributed by atoms with Crippen LogP contribution in [0.1, 0.15) is 25.5 Å². The molecule has 2 heterocycles. The lowest BCUT2D eigenvalue weighted by Crippen LogP contribution is -2.35. The second kappa shape index (κ2) is 10.7. The Morgan fingerprint density at radius 2 is 1.94 bits per heavy atom. The Balaban J connectivity index is 1.65. The first-order valence-corrected chi connectivity index (χ1v) is 12.1. The molecule has 4 rings (SSSR count). The molecule has 1 fully saturated rings. The predicted octanol–water partition coefficient (Wildman–Crippen LogP) is 2.41. The van der Waals surface area contributed by atoms with Crippen molar-refractivity contribution in [3.8, 4) is 10.6 Å². The summed E-state index contributed by atoms with van der Waals surface area (Å²) >= 11 is 1.55. The van der Waals surface area contributed by atoms with Crippen LogP contribution in [0.3, 0.4) is 0 Å². The molecule has 4 atom stereocenters. The highest BCUT2D eigenvalue weighted by Gasteiger charge is 2.41. The first-order valence-electron chi connectivity index (χ1n) is 11.3. The molecule has 1 aromatic carbocycles. The van der Waals surface area contributed by atoms with Gasteiger partial charge in [-0.3, -0.25) is 0 Å². The highest BCUT2D eigenvalue weighted by Crippen LogP contribution is 2.38. The lowest BCUT2D eigenvalue weighted by Gasteiger charge is -2.21. The van der Waals surface area contributed by atoms with E-state index in [9.17, 15) is 15.3 Å². The van der Waals surface area contributed by atoms with Crippen molar-refractivity contribution in [1.29, 1.82) is 0 Å². The average Bonchev–Trinajstić information content (AvgIpc) is 3.34. The fourth-order valence-electron chi connectivity index (χ4n) is 4.10. The van der Waals surface area contributed by atoms with Crippen LogP contribution in [-0.2, 0) is 4.74 Å². The minimum Gasteiger partial charge on any atom is -0.396 e. The minimum absolute atomic E-state index is 0.186. The van der Waals surface area contributed by atoms with Crippen LogP contribution in [-0.4, -0.2) is 74.9 Å². The highest BCUT2D eigenvalue weighted by molar-refractivity contribution is 7.21. The molecule has 0 spiro atoms. The average molecular weight is 474 g/mol. The molecular weight excluding hydrogens is 442 g/mol. The molecule has 2 aromatic heterocycles. The SMILES string of the molecule is CCCOCCNc1nc(C)c(-c2nc3ccccc3s2)c(N[C@@H]2C[C@H](CO)[C@@H](O)[C@H]2O)n1. The smallest absolute Gasteiger partial charge is 0.224 e. The van der Waals surface area contributed by atoms with Gasteiger partial charge < -0.3 is 30.7 Å². The molecule has 0 bridgehead atoms. The van der Waals surface area contributed by atoms with Crippen molar-refractivity contribution in [2.24, 2.45) is 5.92 Å². The summed E-state index contributed by atoms with van der Waals surface area (Å²) in [6.45, 7) is 5.60. The topological polar surface area (TPSA) is 133 Å². The second-order valence-corrected chi connectivity index (χ2v) is 9.32. The fourth-order valence-corrected chi connectivity index (χ4v) is 5.16. The molecule has 1 aliphatic carbocycles. The number of benzene rings is 1. The Bertz CT molecular complexity index is 1050. The standard InChI is InChI=1S/C23H31N5O4S/c1-3-9-32-10-8-24-23-25-13(2)18(22-27-15-6-4-5-7-17(15)33-22)21(28-23)26-16-11-14(12-29)19(30)20(16)31/h4-7,14,16,19-20,29-31H,3,8-12H2,1-2H3,(H2,24,25,26,28)/t14-,16-,19-,20+/m1/s1. The highest BCUT2D eigenvalue weighted by atomic mass is 32.1. The van der Waals surface area contributed by atoms with Gasteiger partial charge in [0.05, 0.1) is 40.2 Å². The Morgan fingerprint density at radius 3 is 2.67 bits per heavy atom. The third kappa shape index (κ3) is 5.25. The fraction of sp³-hybridized carbons (Fsp3) is 0.522. The normalized spacial score (nSPS) is 22.7. The number of rotatable bonds is 10. The number of nitrogens with one attached hydrogen (secondary N) is 2. The molecule has 1 aliphatic rings. The summed E-state index contributed by atoms with van der Waals surface area (Å²) in [5.41, 5.74) is 2.41. The van der Waals surface area contributed by atoms with Gasteiger partial charge >= 0.3 is 0 Å². The summed E-state index contributed by atoms with van der Waals surface area (Å²) in [4.78, 5) is 14.1. The molecule has 3 aromatic rings. The van der Waals surface area contributed by atoms with Crippen molar-refractivity contribution in [1.82, 2.24) is 15.0 Å². The molecule has 0 radical (unpaired) electrons. The number of hydrogen-bond acceptors (Lipinski definition) is 10. The summed E-state index contributed by atoms with van der Waals surface area (Å²) < 4.78 is 6.58. The molecule has 33 heavy (non-hydrogen) atoms. The van der Waals surface area contributed by atoms with Crippen LogP contribution in [0, 0.1) is 12.8 Å². The van der Waals surface area contributed by atoms with E-state index in [0.29, 0.717) is 37.9 Å². The van der Waals surface area contributed by atoms with Gasteiger partial charge in [0.25, 0.3) is 0 Å². The van der Waals surface area contributed by atoms with Crippen molar-refractivity contribution < 1.29 is 20.1 Å². The molecule has 1 saturated carbocycles. The molecule has 9 nitrogen and oxygen atoms in total. The number of ether oxygens (including phenoxy) is 1. The van der Waals surface area contributed by atoms with Gasteiger partial charge in [0, 0.05) is 25.7 Å². The molecule has 0 aliphatic heterocycles. The first-order chi connectivity index (χ1) is 16.0.